The maximum Gasteiger partial charge on any atom is 0.411 e. The number of ether oxygens (including phenoxy) is 3. The average Bonchev–Trinajstić information content (AvgIpc) is 2.88. The number of halogens is 1. The maximum absolute atomic E-state index is 12.4. The van der Waals surface area contributed by atoms with Gasteiger partial charge >= 0.3 is 12.1 Å². The van der Waals surface area contributed by atoms with E-state index in [0.717, 1.165) is 3.57 Å². The summed E-state index contributed by atoms with van der Waals surface area (Å²) in [6.45, 7) is 5.64. The first-order chi connectivity index (χ1) is 11.2. The summed E-state index contributed by atoms with van der Waals surface area (Å²) in [5.41, 5.74) is -0.633. The molecular formula is C17H22INO5. The molecule has 1 saturated heterocycles. The minimum Gasteiger partial charge on any atom is -0.488 e. The predicted molar refractivity (Wildman–Crippen MR) is 96.9 cm³/mol. The fraction of sp³-hybridized carbons (Fsp3) is 0.529. The largest absolute Gasteiger partial charge is 0.488 e. The van der Waals surface area contributed by atoms with Gasteiger partial charge in [-0.2, -0.15) is 0 Å². The van der Waals surface area contributed by atoms with Gasteiger partial charge in [0.1, 0.15) is 23.5 Å². The van der Waals surface area contributed by atoms with E-state index < -0.39 is 23.7 Å². The van der Waals surface area contributed by atoms with Crippen molar-refractivity contribution in [3.63, 3.8) is 0 Å². The summed E-state index contributed by atoms with van der Waals surface area (Å²) in [6.07, 6.45) is -0.455. The number of esters is 1. The predicted octanol–water partition coefficient (Wildman–Crippen LogP) is 3.22. The zero-order valence-electron chi connectivity index (χ0n) is 14.2. The Kier molecular flexibility index (Phi) is 5.95. The minimum atomic E-state index is -0.697. The first kappa shape index (κ1) is 18.8. The molecule has 2 atom stereocenters. The van der Waals surface area contributed by atoms with Crippen LogP contribution in [-0.4, -0.2) is 48.4 Å². The van der Waals surface area contributed by atoms with E-state index in [4.69, 9.17) is 14.2 Å². The molecule has 1 fully saturated rings. The minimum absolute atomic E-state index is 0.278. The third-order valence-electron chi connectivity index (χ3n) is 3.46. The molecule has 1 aliphatic rings. The van der Waals surface area contributed by atoms with Gasteiger partial charge in [0.15, 0.2) is 0 Å². The van der Waals surface area contributed by atoms with Crippen LogP contribution in [0.15, 0.2) is 24.3 Å². The van der Waals surface area contributed by atoms with Crippen LogP contribution in [0.5, 0.6) is 5.75 Å². The molecular weight excluding hydrogens is 425 g/mol. The maximum atomic E-state index is 12.4. The van der Waals surface area contributed by atoms with E-state index in [1.165, 1.54) is 12.0 Å². The summed E-state index contributed by atoms with van der Waals surface area (Å²) in [5.74, 6) is 0.246. The van der Waals surface area contributed by atoms with Crippen LogP contribution >= 0.6 is 22.6 Å². The van der Waals surface area contributed by atoms with Crippen LogP contribution in [0.25, 0.3) is 0 Å². The SMILES string of the molecule is COC(=O)C1CC(Oc2cccc(I)c2)CN1C(=O)OC(C)(C)C. The van der Waals surface area contributed by atoms with Crippen molar-refractivity contribution in [3.05, 3.63) is 27.8 Å². The number of carbonyl (C=O) groups excluding carboxylic acids is 2. The quantitative estimate of drug-likeness (QED) is 0.526. The van der Waals surface area contributed by atoms with E-state index in [0.29, 0.717) is 12.2 Å². The van der Waals surface area contributed by atoms with Crippen molar-refractivity contribution >= 4 is 34.7 Å². The molecule has 0 aliphatic carbocycles. The second-order valence-electron chi connectivity index (χ2n) is 6.60. The van der Waals surface area contributed by atoms with Crippen LogP contribution in [-0.2, 0) is 14.3 Å². The Hall–Kier alpha value is -1.51. The van der Waals surface area contributed by atoms with E-state index >= 15 is 0 Å². The van der Waals surface area contributed by atoms with Gasteiger partial charge in [0.2, 0.25) is 0 Å². The van der Waals surface area contributed by atoms with Gasteiger partial charge in [-0.15, -0.1) is 0 Å². The Balaban J connectivity index is 2.11. The highest BCUT2D eigenvalue weighted by atomic mass is 127. The Morgan fingerprint density at radius 3 is 2.58 bits per heavy atom. The lowest BCUT2D eigenvalue weighted by Crippen LogP contribution is -2.44. The normalized spacial score (nSPS) is 20.6. The lowest BCUT2D eigenvalue weighted by Gasteiger charge is -2.27. The van der Waals surface area contributed by atoms with E-state index in [9.17, 15) is 9.59 Å². The fourth-order valence-electron chi connectivity index (χ4n) is 2.50. The number of benzene rings is 1. The Morgan fingerprint density at radius 2 is 2.00 bits per heavy atom. The summed E-state index contributed by atoms with van der Waals surface area (Å²) < 4.78 is 17.2. The first-order valence-electron chi connectivity index (χ1n) is 7.69. The number of methoxy groups -OCH3 is 1. The number of likely N-dealkylation sites (tertiary alicyclic amines) is 1. The topological polar surface area (TPSA) is 65.1 Å². The molecule has 0 bridgehead atoms. The zero-order valence-corrected chi connectivity index (χ0v) is 16.4. The van der Waals surface area contributed by atoms with Gasteiger partial charge in [0.05, 0.1) is 13.7 Å². The monoisotopic (exact) mass is 447 g/mol. The average molecular weight is 447 g/mol. The highest BCUT2D eigenvalue weighted by molar-refractivity contribution is 14.1. The molecule has 2 unspecified atom stereocenters. The van der Waals surface area contributed by atoms with E-state index in [-0.39, 0.29) is 12.6 Å². The number of amides is 1. The van der Waals surface area contributed by atoms with Gasteiger partial charge < -0.3 is 14.2 Å². The molecule has 0 N–H and O–H groups in total. The summed E-state index contributed by atoms with van der Waals surface area (Å²) >= 11 is 2.20. The van der Waals surface area contributed by atoms with Gasteiger partial charge in [-0.3, -0.25) is 4.90 Å². The molecule has 0 spiro atoms. The summed E-state index contributed by atoms with van der Waals surface area (Å²) in [4.78, 5) is 25.8. The molecule has 0 radical (unpaired) electrons. The lowest BCUT2D eigenvalue weighted by atomic mass is 10.2. The molecule has 1 aliphatic heterocycles. The second kappa shape index (κ2) is 7.58. The smallest absolute Gasteiger partial charge is 0.411 e. The van der Waals surface area contributed by atoms with Crippen molar-refractivity contribution in [2.75, 3.05) is 13.7 Å². The summed E-state index contributed by atoms with van der Waals surface area (Å²) in [5, 5.41) is 0. The van der Waals surface area contributed by atoms with Crippen molar-refractivity contribution in [1.29, 1.82) is 0 Å². The summed E-state index contributed by atoms with van der Waals surface area (Å²) in [7, 11) is 1.31. The van der Waals surface area contributed by atoms with Gasteiger partial charge in [0, 0.05) is 9.99 Å². The molecule has 7 heteroatoms. The van der Waals surface area contributed by atoms with Crippen molar-refractivity contribution in [2.45, 2.75) is 44.9 Å². The van der Waals surface area contributed by atoms with Gasteiger partial charge in [0.25, 0.3) is 0 Å². The van der Waals surface area contributed by atoms with Crippen LogP contribution in [0.1, 0.15) is 27.2 Å². The van der Waals surface area contributed by atoms with Gasteiger partial charge in [-0.05, 0) is 61.6 Å². The second-order valence-corrected chi connectivity index (χ2v) is 7.85. The van der Waals surface area contributed by atoms with E-state index in [1.54, 1.807) is 20.8 Å². The highest BCUT2D eigenvalue weighted by Gasteiger charge is 2.43. The molecule has 0 aromatic heterocycles. The number of hydrogen-bond acceptors (Lipinski definition) is 5. The van der Waals surface area contributed by atoms with Crippen LogP contribution in [0.4, 0.5) is 4.79 Å². The van der Waals surface area contributed by atoms with Crippen molar-refractivity contribution < 1.29 is 23.8 Å². The standard InChI is InChI=1S/C17H22INO5/c1-17(2,3)24-16(21)19-10-13(9-14(19)15(20)22-4)23-12-7-5-6-11(18)8-12/h5-8,13-14H,9-10H2,1-4H3. The molecule has 2 rings (SSSR count). The van der Waals surface area contributed by atoms with Crippen LogP contribution in [0, 0.1) is 3.57 Å². The molecule has 6 nitrogen and oxygen atoms in total. The van der Waals surface area contributed by atoms with Crippen molar-refractivity contribution in [3.8, 4) is 5.75 Å². The third kappa shape index (κ3) is 4.99. The van der Waals surface area contributed by atoms with Crippen molar-refractivity contribution in [2.24, 2.45) is 0 Å². The molecule has 1 aromatic carbocycles. The van der Waals surface area contributed by atoms with Crippen LogP contribution in [0.3, 0.4) is 0 Å². The van der Waals surface area contributed by atoms with E-state index in [2.05, 4.69) is 22.6 Å². The number of rotatable bonds is 3. The number of hydrogen-bond donors (Lipinski definition) is 0. The number of carbonyl (C=O) groups is 2. The lowest BCUT2D eigenvalue weighted by molar-refractivity contribution is -0.145. The van der Waals surface area contributed by atoms with Crippen LogP contribution < -0.4 is 4.74 Å². The fourth-order valence-corrected chi connectivity index (χ4v) is 3.01. The molecule has 1 aromatic rings. The third-order valence-corrected chi connectivity index (χ3v) is 4.13. The van der Waals surface area contributed by atoms with Crippen molar-refractivity contribution in [1.82, 2.24) is 4.90 Å². The zero-order chi connectivity index (χ0) is 17.9. The molecule has 0 saturated carbocycles. The molecule has 24 heavy (non-hydrogen) atoms. The van der Waals surface area contributed by atoms with Gasteiger partial charge in [-0.25, -0.2) is 9.59 Å². The molecule has 132 valence electrons. The van der Waals surface area contributed by atoms with E-state index in [1.807, 2.05) is 24.3 Å². The Labute approximate surface area is 155 Å². The van der Waals surface area contributed by atoms with Gasteiger partial charge in [-0.1, -0.05) is 6.07 Å². The molecule has 1 heterocycles. The Morgan fingerprint density at radius 1 is 1.29 bits per heavy atom. The number of nitrogens with zero attached hydrogens (tertiary/aromatic N) is 1. The van der Waals surface area contributed by atoms with Crippen LogP contribution in [0.2, 0.25) is 0 Å². The highest BCUT2D eigenvalue weighted by Crippen LogP contribution is 2.26. The molecule has 1 amide bonds. The first-order valence-corrected chi connectivity index (χ1v) is 8.77. The Bertz CT molecular complexity index is 613. The summed E-state index contributed by atoms with van der Waals surface area (Å²) in [6, 6.07) is 6.93.